The lowest BCUT2D eigenvalue weighted by Gasteiger charge is -2.32. The van der Waals surface area contributed by atoms with E-state index in [9.17, 15) is 14.7 Å². The Balaban J connectivity index is 1.45. The van der Waals surface area contributed by atoms with Crippen molar-refractivity contribution < 1.29 is 14.7 Å². The van der Waals surface area contributed by atoms with E-state index in [2.05, 4.69) is 51.3 Å². The summed E-state index contributed by atoms with van der Waals surface area (Å²) in [5.74, 6) is -0.595. The SMILES string of the molecule is O=C(O)C1=NN(c2ccccc2)C(=O)/C1=C\C=C(c1ccc2c(c1)CCCN2CCCl)c1ccc2c(c1)CCCN2CCCl. The van der Waals surface area contributed by atoms with Crippen LogP contribution in [-0.2, 0) is 22.4 Å². The summed E-state index contributed by atoms with van der Waals surface area (Å²) in [6.45, 7) is 3.55. The lowest BCUT2D eigenvalue weighted by atomic mass is 9.90. The molecule has 0 saturated heterocycles. The van der Waals surface area contributed by atoms with Crippen LogP contribution in [-0.4, -0.2) is 60.6 Å². The largest absolute Gasteiger partial charge is 0.476 e. The van der Waals surface area contributed by atoms with E-state index >= 15 is 0 Å². The summed E-state index contributed by atoms with van der Waals surface area (Å²) in [6.07, 6.45) is 7.50. The van der Waals surface area contributed by atoms with Crippen molar-refractivity contribution in [2.75, 3.05) is 52.7 Å². The van der Waals surface area contributed by atoms with Crippen molar-refractivity contribution in [3.8, 4) is 0 Å². The zero-order valence-corrected chi connectivity index (χ0v) is 25.9. The maximum absolute atomic E-state index is 13.5. The molecule has 3 aromatic rings. The third kappa shape index (κ3) is 5.99. The van der Waals surface area contributed by atoms with Gasteiger partial charge in [-0.2, -0.15) is 10.1 Å². The minimum atomic E-state index is -1.25. The van der Waals surface area contributed by atoms with E-state index in [0.717, 1.165) is 73.6 Å². The topological polar surface area (TPSA) is 76.4 Å². The van der Waals surface area contributed by atoms with Crippen LogP contribution in [0.5, 0.6) is 0 Å². The number of para-hydroxylation sites is 1. The highest BCUT2D eigenvalue weighted by molar-refractivity contribution is 6.52. The Hall–Kier alpha value is -4.07. The molecule has 0 atom stereocenters. The number of hydrogen-bond donors (Lipinski definition) is 1. The van der Waals surface area contributed by atoms with Crippen molar-refractivity contribution in [1.82, 2.24) is 0 Å². The van der Waals surface area contributed by atoms with Crippen molar-refractivity contribution in [1.29, 1.82) is 0 Å². The second kappa shape index (κ2) is 13.3. The van der Waals surface area contributed by atoms with Crippen molar-refractivity contribution in [3.63, 3.8) is 0 Å². The molecule has 3 aliphatic rings. The molecule has 9 heteroatoms. The number of alkyl halides is 2. The number of rotatable bonds is 9. The quantitative estimate of drug-likeness (QED) is 0.216. The number of aryl methyl sites for hydroxylation is 2. The first-order valence-corrected chi connectivity index (χ1v) is 16.1. The molecule has 1 N–H and O–H groups in total. The molecule has 0 aromatic heterocycles. The molecule has 0 aliphatic carbocycles. The van der Waals surface area contributed by atoms with Crippen LogP contribution in [0.4, 0.5) is 17.1 Å². The average molecular weight is 630 g/mol. The number of carboxylic acid groups (broad SMARTS) is 1. The molecule has 226 valence electrons. The van der Waals surface area contributed by atoms with E-state index in [0.29, 0.717) is 17.4 Å². The lowest BCUT2D eigenvalue weighted by Crippen LogP contribution is -2.31. The number of nitrogens with zero attached hydrogens (tertiary/aromatic N) is 4. The van der Waals surface area contributed by atoms with Crippen molar-refractivity contribution in [2.24, 2.45) is 5.10 Å². The molecule has 3 heterocycles. The molecular formula is C35H34Cl2N4O3. The van der Waals surface area contributed by atoms with E-state index < -0.39 is 11.9 Å². The number of amides is 1. The van der Waals surface area contributed by atoms with Crippen molar-refractivity contribution in [2.45, 2.75) is 25.7 Å². The first kappa shape index (κ1) is 30.0. The summed E-state index contributed by atoms with van der Waals surface area (Å²) in [7, 11) is 0. The molecule has 7 nitrogen and oxygen atoms in total. The maximum atomic E-state index is 13.5. The van der Waals surface area contributed by atoms with Gasteiger partial charge in [-0.1, -0.05) is 36.4 Å². The van der Waals surface area contributed by atoms with E-state index in [1.807, 2.05) is 12.1 Å². The van der Waals surface area contributed by atoms with Gasteiger partial charge in [0.1, 0.15) is 0 Å². The molecule has 1 amide bonds. The Bertz CT molecular complexity index is 1600. The Morgan fingerprint density at radius 2 is 1.41 bits per heavy atom. The molecule has 6 rings (SSSR count). The van der Waals surface area contributed by atoms with Gasteiger partial charge in [-0.15, -0.1) is 23.2 Å². The minimum absolute atomic E-state index is 0.0383. The number of carbonyl (C=O) groups excluding carboxylic acids is 1. The summed E-state index contributed by atoms with van der Waals surface area (Å²) in [4.78, 5) is 30.4. The second-order valence-electron chi connectivity index (χ2n) is 11.1. The van der Waals surface area contributed by atoms with Gasteiger partial charge >= 0.3 is 5.97 Å². The molecule has 0 radical (unpaired) electrons. The number of fused-ring (bicyclic) bond motifs is 2. The van der Waals surface area contributed by atoms with E-state index in [-0.39, 0.29) is 11.3 Å². The standard InChI is InChI=1S/C35H34Cl2N4O3/c36-16-20-39-18-4-6-26-22-24(10-14-31(26)39)29(25-11-15-32-27(23-25)7-5-19-40(32)21-17-37)12-13-30-33(35(43)44)38-41(34(30)42)28-8-2-1-3-9-28/h1-3,8-15,22-23H,4-7,16-21H2,(H,43,44)/b30-13-. The van der Waals surface area contributed by atoms with Crippen LogP contribution in [0.2, 0.25) is 0 Å². The van der Waals surface area contributed by atoms with Gasteiger partial charge in [0.15, 0.2) is 5.71 Å². The van der Waals surface area contributed by atoms with Gasteiger partial charge in [0.25, 0.3) is 5.91 Å². The molecule has 0 bridgehead atoms. The normalized spacial score (nSPS) is 17.0. The molecule has 3 aromatic carbocycles. The van der Waals surface area contributed by atoms with Crippen LogP contribution in [0.3, 0.4) is 0 Å². The maximum Gasteiger partial charge on any atom is 0.357 e. The van der Waals surface area contributed by atoms with E-state index in [4.69, 9.17) is 23.2 Å². The summed E-state index contributed by atoms with van der Waals surface area (Å²) < 4.78 is 0. The van der Waals surface area contributed by atoms with Crippen molar-refractivity contribution in [3.05, 3.63) is 107 Å². The Labute approximate surface area is 267 Å². The predicted octanol–water partition coefficient (Wildman–Crippen LogP) is 6.51. The Morgan fingerprint density at radius 3 is 1.93 bits per heavy atom. The molecule has 0 saturated carbocycles. The van der Waals surface area contributed by atoms with Gasteiger partial charge in [-0.25, -0.2) is 4.79 Å². The highest BCUT2D eigenvalue weighted by Gasteiger charge is 2.34. The minimum Gasteiger partial charge on any atom is -0.476 e. The molecule has 0 unspecified atom stereocenters. The molecule has 44 heavy (non-hydrogen) atoms. The third-order valence-corrected chi connectivity index (χ3v) is 8.76. The third-order valence-electron chi connectivity index (χ3n) is 8.42. The second-order valence-corrected chi connectivity index (χ2v) is 11.9. The number of hydrazone groups is 1. The molecule has 3 aliphatic heterocycles. The van der Waals surface area contributed by atoms with E-state index in [1.54, 1.807) is 30.3 Å². The van der Waals surface area contributed by atoms with Gasteiger partial charge in [0.2, 0.25) is 0 Å². The first-order chi connectivity index (χ1) is 21.5. The number of benzene rings is 3. The Kier molecular flexibility index (Phi) is 9.05. The summed E-state index contributed by atoms with van der Waals surface area (Å²) in [5, 5.41) is 15.3. The fourth-order valence-electron chi connectivity index (χ4n) is 6.35. The highest BCUT2D eigenvalue weighted by Crippen LogP contribution is 2.36. The fraction of sp³-hybridized carbons (Fsp3) is 0.286. The number of carbonyl (C=O) groups is 2. The number of halogens is 2. The zero-order valence-electron chi connectivity index (χ0n) is 24.4. The Morgan fingerprint density at radius 1 is 0.841 bits per heavy atom. The van der Waals surface area contributed by atoms with Gasteiger partial charge in [-0.05, 0) is 96.0 Å². The summed E-state index contributed by atoms with van der Waals surface area (Å²) >= 11 is 12.2. The summed E-state index contributed by atoms with van der Waals surface area (Å²) in [6, 6.07) is 21.8. The predicted molar refractivity (Wildman–Crippen MR) is 180 cm³/mol. The van der Waals surface area contributed by atoms with Crippen LogP contribution >= 0.6 is 23.2 Å². The number of allylic oxidation sites excluding steroid dienone is 2. The fourth-order valence-corrected chi connectivity index (χ4v) is 6.75. The number of hydrogen-bond acceptors (Lipinski definition) is 5. The van der Waals surface area contributed by atoms with E-state index in [1.165, 1.54) is 22.5 Å². The van der Waals surface area contributed by atoms with Gasteiger partial charge in [0.05, 0.1) is 11.3 Å². The van der Waals surface area contributed by atoms with Crippen molar-refractivity contribution >= 4 is 63.4 Å². The van der Waals surface area contributed by atoms with Crippen LogP contribution in [0.15, 0.2) is 89.6 Å². The van der Waals surface area contributed by atoms with Crippen LogP contribution < -0.4 is 14.8 Å². The molecular weight excluding hydrogens is 595 g/mol. The van der Waals surface area contributed by atoms with Gasteiger partial charge < -0.3 is 14.9 Å². The molecule has 0 spiro atoms. The number of anilines is 3. The average Bonchev–Trinajstić information content (AvgIpc) is 3.38. The van der Waals surface area contributed by atoms with Crippen LogP contribution in [0.25, 0.3) is 5.57 Å². The number of carboxylic acids is 1. The molecule has 0 fully saturated rings. The zero-order chi connectivity index (χ0) is 30.6. The highest BCUT2D eigenvalue weighted by atomic mass is 35.5. The first-order valence-electron chi connectivity index (χ1n) is 15.0. The smallest absolute Gasteiger partial charge is 0.357 e. The lowest BCUT2D eigenvalue weighted by molar-refractivity contribution is -0.129. The van der Waals surface area contributed by atoms with Crippen LogP contribution in [0, 0.1) is 0 Å². The van der Waals surface area contributed by atoms with Crippen LogP contribution in [0.1, 0.15) is 35.1 Å². The monoisotopic (exact) mass is 628 g/mol. The van der Waals surface area contributed by atoms with Gasteiger partial charge in [-0.3, -0.25) is 4.79 Å². The summed E-state index contributed by atoms with van der Waals surface area (Å²) in [5.41, 5.74) is 8.08. The number of aliphatic carboxylic acids is 1. The van der Waals surface area contributed by atoms with Gasteiger partial charge in [0, 0.05) is 49.3 Å².